The largest absolute Gasteiger partial charge is 0.493 e. The molecule has 31 heavy (non-hydrogen) atoms. The van der Waals surface area contributed by atoms with Gasteiger partial charge in [0.05, 0.1) is 13.3 Å². The molecule has 160 valence electrons. The van der Waals surface area contributed by atoms with Gasteiger partial charge < -0.3 is 19.3 Å². The number of rotatable bonds is 9. The molecule has 0 radical (unpaired) electrons. The number of carbonyl (C=O) groups excluding carboxylic acids is 1. The van der Waals surface area contributed by atoms with E-state index in [2.05, 4.69) is 10.5 Å². The van der Waals surface area contributed by atoms with Crippen molar-refractivity contribution >= 4 is 28.9 Å². The second kappa shape index (κ2) is 10.1. The number of benzene rings is 3. The van der Waals surface area contributed by atoms with Gasteiger partial charge in [-0.1, -0.05) is 36.4 Å². The first kappa shape index (κ1) is 21.6. The van der Waals surface area contributed by atoms with E-state index in [4.69, 9.17) is 19.3 Å². The van der Waals surface area contributed by atoms with E-state index >= 15 is 0 Å². The molecular weight excluding hydrogens is 400 g/mol. The van der Waals surface area contributed by atoms with Gasteiger partial charge >= 0.3 is 5.97 Å². The molecule has 0 saturated carbocycles. The summed E-state index contributed by atoms with van der Waals surface area (Å²) in [7, 11) is 1.45. The molecule has 0 heterocycles. The third kappa shape index (κ3) is 5.72. The van der Waals surface area contributed by atoms with Crippen molar-refractivity contribution in [2.45, 2.75) is 13.0 Å². The number of hydrogen-bond donors (Lipinski definition) is 2. The SMILES string of the molecule is COc1cc(/C=N/NC(=O)COc2cccc3ccccc23)ccc1O[C@H](C)C(=O)O. The van der Waals surface area contributed by atoms with E-state index in [0.29, 0.717) is 22.8 Å². The standard InChI is InChI=1S/C23H22N2O6/c1-15(23(27)28)31-20-11-10-16(12-21(20)29-2)13-24-25-22(26)14-30-19-9-5-7-17-6-3-4-8-18(17)19/h3-13,15H,14H2,1-2H3,(H,25,26)(H,27,28)/b24-13+/t15-/m1/s1. The third-order valence-electron chi connectivity index (χ3n) is 4.35. The first-order valence-electron chi connectivity index (χ1n) is 9.48. The Balaban J connectivity index is 1.57. The summed E-state index contributed by atoms with van der Waals surface area (Å²) in [4.78, 5) is 23.0. The Kier molecular flexibility index (Phi) is 7.05. The molecule has 2 N–H and O–H groups in total. The van der Waals surface area contributed by atoms with Crippen molar-refractivity contribution in [3.05, 3.63) is 66.2 Å². The highest BCUT2D eigenvalue weighted by atomic mass is 16.5. The molecule has 0 spiro atoms. The molecule has 0 saturated heterocycles. The summed E-state index contributed by atoms with van der Waals surface area (Å²) in [5.74, 6) is -0.231. The Morgan fingerprint density at radius 2 is 1.84 bits per heavy atom. The lowest BCUT2D eigenvalue weighted by Crippen LogP contribution is -2.24. The van der Waals surface area contributed by atoms with Crippen LogP contribution in [-0.4, -0.2) is 43.0 Å². The number of carbonyl (C=O) groups is 2. The molecule has 0 fully saturated rings. The third-order valence-corrected chi connectivity index (χ3v) is 4.35. The minimum atomic E-state index is -1.08. The number of methoxy groups -OCH3 is 1. The van der Waals surface area contributed by atoms with Gasteiger partial charge in [-0.3, -0.25) is 4.79 Å². The van der Waals surface area contributed by atoms with Gasteiger partial charge in [-0.2, -0.15) is 5.10 Å². The molecule has 0 aliphatic rings. The summed E-state index contributed by atoms with van der Waals surface area (Å²) in [5.41, 5.74) is 3.03. The fourth-order valence-corrected chi connectivity index (χ4v) is 2.78. The van der Waals surface area contributed by atoms with Crippen molar-refractivity contribution in [1.82, 2.24) is 5.43 Å². The molecule has 3 aromatic rings. The zero-order chi connectivity index (χ0) is 22.2. The zero-order valence-electron chi connectivity index (χ0n) is 17.1. The van der Waals surface area contributed by atoms with E-state index in [0.717, 1.165) is 10.8 Å². The predicted octanol–water partition coefficient (Wildman–Crippen LogP) is 3.23. The molecule has 0 aliphatic heterocycles. The predicted molar refractivity (Wildman–Crippen MR) is 116 cm³/mol. The minimum absolute atomic E-state index is 0.186. The summed E-state index contributed by atoms with van der Waals surface area (Å²) in [5, 5.41) is 14.8. The fourth-order valence-electron chi connectivity index (χ4n) is 2.78. The van der Waals surface area contributed by atoms with E-state index in [1.165, 1.54) is 20.2 Å². The Hall–Kier alpha value is -4.07. The molecule has 8 nitrogen and oxygen atoms in total. The maximum Gasteiger partial charge on any atom is 0.344 e. The van der Waals surface area contributed by atoms with Gasteiger partial charge in [0, 0.05) is 5.39 Å². The quantitative estimate of drug-likeness (QED) is 0.405. The number of nitrogens with one attached hydrogen (secondary N) is 1. The molecule has 3 rings (SSSR count). The fraction of sp³-hybridized carbons (Fsp3) is 0.174. The smallest absolute Gasteiger partial charge is 0.344 e. The highest BCUT2D eigenvalue weighted by Gasteiger charge is 2.15. The van der Waals surface area contributed by atoms with Crippen LogP contribution in [0.2, 0.25) is 0 Å². The van der Waals surface area contributed by atoms with Crippen LogP contribution in [0.5, 0.6) is 17.2 Å². The molecule has 0 aliphatic carbocycles. The molecule has 8 heteroatoms. The molecule has 0 aromatic heterocycles. The number of aliphatic carboxylic acids is 1. The van der Waals surface area contributed by atoms with Crippen LogP contribution in [0.25, 0.3) is 10.8 Å². The number of nitrogens with zero attached hydrogens (tertiary/aromatic N) is 1. The number of hydrogen-bond acceptors (Lipinski definition) is 6. The zero-order valence-corrected chi connectivity index (χ0v) is 17.1. The second-order valence-electron chi connectivity index (χ2n) is 6.57. The van der Waals surface area contributed by atoms with Crippen LogP contribution < -0.4 is 19.6 Å². The maximum absolute atomic E-state index is 12.1. The van der Waals surface area contributed by atoms with Gasteiger partial charge in [0.25, 0.3) is 5.91 Å². The van der Waals surface area contributed by atoms with Gasteiger partial charge in [-0.05, 0) is 42.1 Å². The van der Waals surface area contributed by atoms with E-state index in [1.807, 2.05) is 36.4 Å². The summed E-state index contributed by atoms with van der Waals surface area (Å²) in [6.45, 7) is 1.24. The number of hydrazone groups is 1. The summed E-state index contributed by atoms with van der Waals surface area (Å²) < 4.78 is 16.2. The van der Waals surface area contributed by atoms with Crippen molar-refractivity contribution in [1.29, 1.82) is 0 Å². The monoisotopic (exact) mass is 422 g/mol. The lowest BCUT2D eigenvalue weighted by Gasteiger charge is -2.14. The van der Waals surface area contributed by atoms with Crippen molar-refractivity contribution < 1.29 is 28.9 Å². The maximum atomic E-state index is 12.1. The Bertz CT molecular complexity index is 1110. The van der Waals surface area contributed by atoms with E-state index in [-0.39, 0.29) is 6.61 Å². The molecule has 0 bridgehead atoms. The molecule has 0 unspecified atom stereocenters. The number of amides is 1. The second-order valence-corrected chi connectivity index (χ2v) is 6.57. The molecule has 3 aromatic carbocycles. The Labute approximate surface area is 179 Å². The van der Waals surface area contributed by atoms with E-state index < -0.39 is 18.0 Å². The van der Waals surface area contributed by atoms with Crippen LogP contribution >= 0.6 is 0 Å². The van der Waals surface area contributed by atoms with Crippen LogP contribution in [0.1, 0.15) is 12.5 Å². The van der Waals surface area contributed by atoms with Crippen molar-refractivity contribution in [3.63, 3.8) is 0 Å². The summed E-state index contributed by atoms with van der Waals surface area (Å²) in [6.07, 6.45) is 0.414. The Morgan fingerprint density at radius 1 is 1.06 bits per heavy atom. The lowest BCUT2D eigenvalue weighted by molar-refractivity contribution is -0.144. The molecule has 1 atom stereocenters. The molecular formula is C23H22N2O6. The summed E-state index contributed by atoms with van der Waals surface area (Å²) >= 11 is 0. The first-order valence-corrected chi connectivity index (χ1v) is 9.48. The van der Waals surface area contributed by atoms with Crippen molar-refractivity contribution in [2.24, 2.45) is 5.10 Å². The van der Waals surface area contributed by atoms with Gasteiger partial charge in [-0.25, -0.2) is 10.2 Å². The average Bonchev–Trinajstić information content (AvgIpc) is 2.78. The summed E-state index contributed by atoms with van der Waals surface area (Å²) in [6, 6.07) is 18.2. The van der Waals surface area contributed by atoms with Crippen molar-refractivity contribution in [3.8, 4) is 17.2 Å². The molecule has 1 amide bonds. The first-order chi connectivity index (χ1) is 15.0. The van der Waals surface area contributed by atoms with Crippen LogP contribution in [0, 0.1) is 0 Å². The van der Waals surface area contributed by atoms with Gasteiger partial charge in [-0.15, -0.1) is 0 Å². The van der Waals surface area contributed by atoms with Crippen LogP contribution in [0.3, 0.4) is 0 Å². The van der Waals surface area contributed by atoms with Gasteiger partial charge in [0.15, 0.2) is 24.2 Å². The van der Waals surface area contributed by atoms with Gasteiger partial charge in [0.1, 0.15) is 5.75 Å². The van der Waals surface area contributed by atoms with E-state index in [9.17, 15) is 9.59 Å². The highest BCUT2D eigenvalue weighted by Crippen LogP contribution is 2.28. The topological polar surface area (TPSA) is 106 Å². The minimum Gasteiger partial charge on any atom is -0.493 e. The highest BCUT2D eigenvalue weighted by molar-refractivity contribution is 5.89. The number of carboxylic acid groups (broad SMARTS) is 1. The number of ether oxygens (including phenoxy) is 3. The lowest BCUT2D eigenvalue weighted by atomic mass is 10.1. The van der Waals surface area contributed by atoms with Crippen LogP contribution in [0.4, 0.5) is 0 Å². The van der Waals surface area contributed by atoms with Crippen LogP contribution in [0.15, 0.2) is 65.8 Å². The Morgan fingerprint density at radius 3 is 2.61 bits per heavy atom. The number of carboxylic acids is 1. The average molecular weight is 422 g/mol. The number of fused-ring (bicyclic) bond motifs is 1. The van der Waals surface area contributed by atoms with Gasteiger partial charge in [0.2, 0.25) is 0 Å². The van der Waals surface area contributed by atoms with Crippen LogP contribution in [-0.2, 0) is 9.59 Å². The normalized spacial score (nSPS) is 11.8. The van der Waals surface area contributed by atoms with E-state index in [1.54, 1.807) is 24.3 Å². The van der Waals surface area contributed by atoms with Crippen molar-refractivity contribution in [2.75, 3.05) is 13.7 Å².